The first-order valence-corrected chi connectivity index (χ1v) is 5.22. The Bertz CT molecular complexity index is 340. The molecule has 1 unspecified atom stereocenters. The van der Waals surface area contributed by atoms with Crippen molar-refractivity contribution < 1.29 is 0 Å². The van der Waals surface area contributed by atoms with Crippen molar-refractivity contribution >= 4 is 29.1 Å². The van der Waals surface area contributed by atoms with Gasteiger partial charge in [0.1, 0.15) is 5.50 Å². The van der Waals surface area contributed by atoms with Gasteiger partial charge in [0.05, 0.1) is 10.7 Å². The predicted octanol–water partition coefficient (Wildman–Crippen LogP) is 2.61. The highest BCUT2D eigenvalue weighted by Gasteiger charge is 2.18. The Labute approximate surface area is 86.4 Å². The number of para-hydroxylation sites is 1. The summed E-state index contributed by atoms with van der Waals surface area (Å²) < 4.78 is 0. The quantitative estimate of drug-likeness (QED) is 0.776. The number of hydrogen-bond acceptors (Lipinski definition) is 3. The molecule has 0 amide bonds. The summed E-state index contributed by atoms with van der Waals surface area (Å²) >= 11 is 7.60. The van der Waals surface area contributed by atoms with Crippen LogP contribution < -0.4 is 10.6 Å². The molecule has 0 spiro atoms. The molecule has 0 bridgehead atoms. The van der Waals surface area contributed by atoms with Gasteiger partial charge in [-0.3, -0.25) is 0 Å². The lowest BCUT2D eigenvalue weighted by atomic mass is 10.3. The van der Waals surface area contributed by atoms with Gasteiger partial charge in [0, 0.05) is 6.20 Å². The van der Waals surface area contributed by atoms with E-state index in [2.05, 4.69) is 0 Å². The fourth-order valence-electron chi connectivity index (χ4n) is 1.21. The van der Waals surface area contributed by atoms with E-state index in [0.717, 1.165) is 10.7 Å². The zero-order valence-electron chi connectivity index (χ0n) is 6.85. The highest BCUT2D eigenvalue weighted by atomic mass is 35.5. The number of anilines is 1. The van der Waals surface area contributed by atoms with Crippen LogP contribution in [0.1, 0.15) is 0 Å². The first-order chi connectivity index (χ1) is 6.29. The van der Waals surface area contributed by atoms with Crippen molar-refractivity contribution in [2.75, 3.05) is 4.90 Å². The zero-order valence-corrected chi connectivity index (χ0v) is 8.42. The predicted molar refractivity (Wildman–Crippen MR) is 58.6 cm³/mol. The number of thioether (sulfide) groups is 1. The summed E-state index contributed by atoms with van der Waals surface area (Å²) in [6, 6.07) is 7.67. The molecule has 1 heterocycles. The third-order valence-corrected chi connectivity index (χ3v) is 2.95. The molecule has 4 heteroatoms. The van der Waals surface area contributed by atoms with Crippen molar-refractivity contribution in [3.8, 4) is 0 Å². The van der Waals surface area contributed by atoms with E-state index in [-0.39, 0.29) is 5.50 Å². The van der Waals surface area contributed by atoms with Gasteiger partial charge in [0.15, 0.2) is 0 Å². The molecule has 0 saturated carbocycles. The molecule has 2 nitrogen and oxygen atoms in total. The molecule has 0 saturated heterocycles. The summed E-state index contributed by atoms with van der Waals surface area (Å²) in [6.07, 6.45) is 1.94. The van der Waals surface area contributed by atoms with Gasteiger partial charge in [-0.1, -0.05) is 35.5 Å². The SMILES string of the molecule is NC1SC=CN1c1ccccc1Cl. The molecule has 2 rings (SSSR count). The van der Waals surface area contributed by atoms with Crippen molar-refractivity contribution in [1.82, 2.24) is 0 Å². The number of nitrogens with two attached hydrogens (primary N) is 1. The lowest BCUT2D eigenvalue weighted by molar-refractivity contribution is 0.926. The fraction of sp³-hybridized carbons (Fsp3) is 0.111. The summed E-state index contributed by atoms with van der Waals surface area (Å²) in [5, 5.41) is 2.69. The minimum Gasteiger partial charge on any atom is -0.321 e. The van der Waals surface area contributed by atoms with Crippen LogP contribution in [0.4, 0.5) is 5.69 Å². The lowest BCUT2D eigenvalue weighted by Crippen LogP contribution is -2.32. The lowest BCUT2D eigenvalue weighted by Gasteiger charge is -2.21. The van der Waals surface area contributed by atoms with Crippen LogP contribution in [0.2, 0.25) is 5.02 Å². The maximum absolute atomic E-state index is 6.03. The van der Waals surface area contributed by atoms with E-state index >= 15 is 0 Å². The van der Waals surface area contributed by atoms with Crippen LogP contribution in [-0.2, 0) is 0 Å². The van der Waals surface area contributed by atoms with Gasteiger partial charge in [-0.25, -0.2) is 0 Å². The molecule has 1 aliphatic rings. The number of nitrogens with zero attached hydrogens (tertiary/aromatic N) is 1. The first-order valence-electron chi connectivity index (χ1n) is 3.89. The number of benzene rings is 1. The second-order valence-corrected chi connectivity index (χ2v) is 4.10. The van der Waals surface area contributed by atoms with Crippen LogP contribution >= 0.6 is 23.4 Å². The first kappa shape index (κ1) is 8.94. The normalized spacial score (nSPS) is 21.1. The van der Waals surface area contributed by atoms with E-state index < -0.39 is 0 Å². The Morgan fingerprint density at radius 2 is 2.15 bits per heavy atom. The van der Waals surface area contributed by atoms with Gasteiger partial charge in [-0.15, -0.1) is 0 Å². The second-order valence-electron chi connectivity index (χ2n) is 2.67. The van der Waals surface area contributed by atoms with Crippen LogP contribution in [-0.4, -0.2) is 5.50 Å². The van der Waals surface area contributed by atoms with Crippen LogP contribution in [0.3, 0.4) is 0 Å². The Hall–Kier alpha value is -0.640. The Morgan fingerprint density at radius 3 is 2.77 bits per heavy atom. The van der Waals surface area contributed by atoms with Crippen molar-refractivity contribution in [1.29, 1.82) is 0 Å². The molecular formula is C9H9ClN2S. The largest absolute Gasteiger partial charge is 0.321 e. The summed E-state index contributed by atoms with van der Waals surface area (Å²) in [5.41, 5.74) is 6.75. The van der Waals surface area contributed by atoms with Gasteiger partial charge in [-0.2, -0.15) is 0 Å². The molecule has 1 aliphatic heterocycles. The van der Waals surface area contributed by atoms with Gasteiger partial charge < -0.3 is 10.6 Å². The maximum atomic E-state index is 6.03. The van der Waals surface area contributed by atoms with Crippen LogP contribution in [0.25, 0.3) is 0 Å². The van der Waals surface area contributed by atoms with Crippen molar-refractivity contribution in [2.24, 2.45) is 5.73 Å². The number of rotatable bonds is 1. The smallest absolute Gasteiger partial charge is 0.133 e. The molecule has 68 valence electrons. The van der Waals surface area contributed by atoms with Crippen LogP contribution in [0, 0.1) is 0 Å². The van der Waals surface area contributed by atoms with E-state index in [9.17, 15) is 0 Å². The molecule has 2 N–H and O–H groups in total. The maximum Gasteiger partial charge on any atom is 0.133 e. The highest BCUT2D eigenvalue weighted by molar-refractivity contribution is 8.03. The molecule has 1 aromatic carbocycles. The molecule has 0 aromatic heterocycles. The summed E-state index contributed by atoms with van der Waals surface area (Å²) in [5.74, 6) is 0. The number of halogens is 1. The Balaban J connectivity index is 2.35. The van der Waals surface area contributed by atoms with Gasteiger partial charge in [-0.05, 0) is 17.5 Å². The molecule has 1 aromatic rings. The highest BCUT2D eigenvalue weighted by Crippen LogP contribution is 2.32. The van der Waals surface area contributed by atoms with E-state index in [1.165, 1.54) is 0 Å². The molecule has 0 radical (unpaired) electrons. The standard InChI is InChI=1S/C9H9ClN2S/c10-7-3-1-2-4-8(7)12-5-6-13-9(12)11/h1-6,9H,11H2. The van der Waals surface area contributed by atoms with Crippen LogP contribution in [0.5, 0.6) is 0 Å². The van der Waals surface area contributed by atoms with Gasteiger partial charge >= 0.3 is 0 Å². The minimum absolute atomic E-state index is 0.0556. The average molecular weight is 213 g/mol. The van der Waals surface area contributed by atoms with E-state index in [1.807, 2.05) is 40.8 Å². The summed E-state index contributed by atoms with van der Waals surface area (Å²) in [6.45, 7) is 0. The van der Waals surface area contributed by atoms with Gasteiger partial charge in [0.25, 0.3) is 0 Å². The summed E-state index contributed by atoms with van der Waals surface area (Å²) in [4.78, 5) is 1.95. The van der Waals surface area contributed by atoms with Gasteiger partial charge in [0.2, 0.25) is 0 Å². The van der Waals surface area contributed by atoms with Crippen molar-refractivity contribution in [2.45, 2.75) is 5.50 Å². The zero-order chi connectivity index (χ0) is 9.26. The third kappa shape index (κ3) is 1.68. The molecular weight excluding hydrogens is 204 g/mol. The monoisotopic (exact) mass is 212 g/mol. The van der Waals surface area contributed by atoms with E-state index in [0.29, 0.717) is 0 Å². The van der Waals surface area contributed by atoms with E-state index in [4.69, 9.17) is 17.3 Å². The second kappa shape index (κ2) is 3.62. The van der Waals surface area contributed by atoms with Crippen molar-refractivity contribution in [3.05, 3.63) is 40.9 Å². The van der Waals surface area contributed by atoms with Crippen molar-refractivity contribution in [3.63, 3.8) is 0 Å². The minimum atomic E-state index is -0.0556. The number of hydrogen-bond donors (Lipinski definition) is 1. The molecule has 0 aliphatic carbocycles. The topological polar surface area (TPSA) is 29.3 Å². The fourth-order valence-corrected chi connectivity index (χ4v) is 2.12. The molecule has 13 heavy (non-hydrogen) atoms. The molecule has 0 fully saturated rings. The summed E-state index contributed by atoms with van der Waals surface area (Å²) in [7, 11) is 0. The Kier molecular flexibility index (Phi) is 2.49. The van der Waals surface area contributed by atoms with E-state index in [1.54, 1.807) is 11.8 Å². The average Bonchev–Trinajstić information content (AvgIpc) is 2.52. The Morgan fingerprint density at radius 1 is 1.38 bits per heavy atom. The van der Waals surface area contributed by atoms with Crippen LogP contribution in [0.15, 0.2) is 35.9 Å². The third-order valence-electron chi connectivity index (χ3n) is 1.84. The molecule has 1 atom stereocenters.